The van der Waals surface area contributed by atoms with Gasteiger partial charge in [0, 0.05) is 4.47 Å². The molecule has 0 bridgehead atoms. The number of hydrogen-bond acceptors (Lipinski definition) is 3. The summed E-state index contributed by atoms with van der Waals surface area (Å²) in [7, 11) is 0. The largest absolute Gasteiger partial charge is 0.324 e. The number of benzene rings is 2. The van der Waals surface area contributed by atoms with E-state index in [4.69, 9.17) is 17.3 Å². The van der Waals surface area contributed by atoms with Crippen LogP contribution in [0.5, 0.6) is 0 Å². The highest BCUT2D eigenvalue weighted by atomic mass is 79.9. The lowest BCUT2D eigenvalue weighted by Crippen LogP contribution is -2.33. The van der Waals surface area contributed by atoms with E-state index in [0.717, 1.165) is 18.2 Å². The number of nitrogens with one attached hydrogen (secondary N) is 1. The topological polar surface area (TPSA) is 72.2 Å². The average Bonchev–Trinajstić information content (AvgIpc) is 2.50. The van der Waals surface area contributed by atoms with Crippen molar-refractivity contribution in [2.45, 2.75) is 13.0 Å². The van der Waals surface area contributed by atoms with Crippen molar-refractivity contribution in [1.82, 2.24) is 0 Å². The third-order valence-electron chi connectivity index (χ3n) is 3.18. The Morgan fingerprint density at radius 1 is 1.17 bits per heavy atom. The van der Waals surface area contributed by atoms with Crippen molar-refractivity contribution >= 4 is 44.9 Å². The van der Waals surface area contributed by atoms with Gasteiger partial charge >= 0.3 is 0 Å². The average molecular weight is 418 g/mol. The van der Waals surface area contributed by atoms with E-state index in [2.05, 4.69) is 21.2 Å². The number of carbonyl (C=O) groups is 2. The molecule has 0 fully saturated rings. The molecule has 126 valence electrons. The van der Waals surface area contributed by atoms with Gasteiger partial charge in [-0.1, -0.05) is 17.7 Å². The zero-order valence-corrected chi connectivity index (χ0v) is 14.7. The van der Waals surface area contributed by atoms with Crippen molar-refractivity contribution < 1.29 is 18.4 Å². The lowest BCUT2D eigenvalue weighted by molar-refractivity contribution is -0.117. The van der Waals surface area contributed by atoms with E-state index < -0.39 is 34.9 Å². The summed E-state index contributed by atoms with van der Waals surface area (Å²) in [5.74, 6) is -3.62. The van der Waals surface area contributed by atoms with Gasteiger partial charge in [-0.05, 0) is 47.1 Å². The Morgan fingerprint density at radius 2 is 1.75 bits per heavy atom. The summed E-state index contributed by atoms with van der Waals surface area (Å²) in [6.07, 6.45) is 0. The van der Waals surface area contributed by atoms with Crippen LogP contribution in [0.25, 0.3) is 0 Å². The van der Waals surface area contributed by atoms with Crippen LogP contribution in [-0.2, 0) is 4.79 Å². The Kier molecular flexibility index (Phi) is 5.69. The second-order valence-corrected chi connectivity index (χ2v) is 6.22. The van der Waals surface area contributed by atoms with Crippen molar-refractivity contribution in [3.8, 4) is 0 Å². The molecular weight excluding hydrogens is 406 g/mol. The van der Waals surface area contributed by atoms with E-state index in [-0.39, 0.29) is 16.3 Å². The number of ketones is 1. The zero-order valence-electron chi connectivity index (χ0n) is 12.4. The van der Waals surface area contributed by atoms with Crippen LogP contribution in [0.3, 0.4) is 0 Å². The summed E-state index contributed by atoms with van der Waals surface area (Å²) in [6.45, 7) is 1.45. The molecule has 1 amide bonds. The third kappa shape index (κ3) is 3.63. The Labute approximate surface area is 150 Å². The van der Waals surface area contributed by atoms with Crippen LogP contribution in [0, 0.1) is 11.6 Å². The van der Waals surface area contributed by atoms with Gasteiger partial charge in [-0.25, -0.2) is 8.78 Å². The highest BCUT2D eigenvalue weighted by molar-refractivity contribution is 9.10. The van der Waals surface area contributed by atoms with Gasteiger partial charge < -0.3 is 11.1 Å². The van der Waals surface area contributed by atoms with E-state index >= 15 is 0 Å². The van der Waals surface area contributed by atoms with Crippen LogP contribution in [-0.4, -0.2) is 17.7 Å². The lowest BCUT2D eigenvalue weighted by atomic mass is 10.00. The van der Waals surface area contributed by atoms with Crippen LogP contribution in [0.1, 0.15) is 22.8 Å². The number of carbonyl (C=O) groups excluding carboxylic acids is 2. The molecule has 0 aliphatic rings. The summed E-state index contributed by atoms with van der Waals surface area (Å²) in [5.41, 5.74) is 4.50. The fourth-order valence-corrected chi connectivity index (χ4v) is 2.54. The van der Waals surface area contributed by atoms with Gasteiger partial charge in [-0.3, -0.25) is 9.59 Å². The molecule has 0 radical (unpaired) electrons. The van der Waals surface area contributed by atoms with E-state index in [0.29, 0.717) is 4.47 Å². The van der Waals surface area contributed by atoms with E-state index in [1.165, 1.54) is 19.1 Å². The Morgan fingerprint density at radius 3 is 2.29 bits per heavy atom. The van der Waals surface area contributed by atoms with Gasteiger partial charge in [0.05, 0.1) is 27.9 Å². The number of nitrogens with two attached hydrogens (primary N) is 1. The van der Waals surface area contributed by atoms with Crippen LogP contribution in [0.4, 0.5) is 14.5 Å². The predicted octanol–water partition coefficient (Wildman–Crippen LogP) is 3.90. The number of amides is 1. The van der Waals surface area contributed by atoms with Gasteiger partial charge in [-0.15, -0.1) is 0 Å². The first-order valence-corrected chi connectivity index (χ1v) is 7.94. The number of halogens is 4. The molecule has 0 spiro atoms. The van der Waals surface area contributed by atoms with Crippen LogP contribution in [0.15, 0.2) is 34.8 Å². The van der Waals surface area contributed by atoms with Gasteiger partial charge in [-0.2, -0.15) is 0 Å². The molecule has 0 aromatic heterocycles. The highest BCUT2D eigenvalue weighted by Gasteiger charge is 2.26. The van der Waals surface area contributed by atoms with Gasteiger partial charge in [0.1, 0.15) is 11.6 Å². The van der Waals surface area contributed by atoms with E-state index in [1.54, 1.807) is 0 Å². The number of rotatable bonds is 4. The molecule has 3 N–H and O–H groups in total. The van der Waals surface area contributed by atoms with Crippen molar-refractivity contribution in [2.75, 3.05) is 5.32 Å². The summed E-state index contributed by atoms with van der Waals surface area (Å²) in [6, 6.07) is 5.10. The first-order chi connectivity index (χ1) is 11.2. The van der Waals surface area contributed by atoms with Gasteiger partial charge in [0.25, 0.3) is 0 Å². The molecule has 0 unspecified atom stereocenters. The molecule has 2 aromatic rings. The Bertz CT molecular complexity index is 808. The quantitative estimate of drug-likeness (QED) is 0.741. The molecule has 0 saturated carbocycles. The molecule has 1 atom stereocenters. The SMILES string of the molecule is C[C@H](N)C(=O)Nc1ccc(Br)c(Cl)c1C(=O)c1c(F)cccc1F. The minimum absolute atomic E-state index is 0.0122. The molecule has 8 heteroatoms. The second kappa shape index (κ2) is 7.38. The third-order valence-corrected chi connectivity index (χ3v) is 4.46. The first-order valence-electron chi connectivity index (χ1n) is 6.77. The van der Waals surface area contributed by atoms with Crippen molar-refractivity contribution in [1.29, 1.82) is 0 Å². The van der Waals surface area contributed by atoms with Crippen LogP contribution in [0.2, 0.25) is 5.02 Å². The molecule has 2 aromatic carbocycles. The van der Waals surface area contributed by atoms with Crippen molar-refractivity contribution in [3.05, 3.63) is 62.6 Å². The molecule has 2 rings (SSSR count). The minimum Gasteiger partial charge on any atom is -0.324 e. The fraction of sp³-hybridized carbons (Fsp3) is 0.125. The Hall–Kier alpha value is -1.83. The fourth-order valence-electron chi connectivity index (χ4n) is 1.96. The zero-order chi connectivity index (χ0) is 18.0. The molecule has 0 saturated heterocycles. The molecule has 0 heterocycles. The van der Waals surface area contributed by atoms with Gasteiger partial charge in [0.15, 0.2) is 0 Å². The summed E-state index contributed by atoms with van der Waals surface area (Å²) < 4.78 is 28.2. The summed E-state index contributed by atoms with van der Waals surface area (Å²) in [5, 5.41) is 2.35. The summed E-state index contributed by atoms with van der Waals surface area (Å²) in [4.78, 5) is 24.5. The van der Waals surface area contributed by atoms with Crippen LogP contribution >= 0.6 is 27.5 Å². The smallest absolute Gasteiger partial charge is 0.241 e. The second-order valence-electron chi connectivity index (χ2n) is 4.99. The van der Waals surface area contributed by atoms with E-state index in [9.17, 15) is 18.4 Å². The first kappa shape index (κ1) is 18.5. The normalized spacial score (nSPS) is 11.9. The minimum atomic E-state index is -1.03. The number of anilines is 1. The van der Waals surface area contributed by atoms with Crippen molar-refractivity contribution in [3.63, 3.8) is 0 Å². The highest BCUT2D eigenvalue weighted by Crippen LogP contribution is 2.34. The Balaban J connectivity index is 2.62. The molecular formula is C16H12BrClF2N2O2. The van der Waals surface area contributed by atoms with Crippen LogP contribution < -0.4 is 11.1 Å². The maximum atomic E-state index is 13.9. The molecule has 0 aliphatic carbocycles. The maximum Gasteiger partial charge on any atom is 0.241 e. The lowest BCUT2D eigenvalue weighted by Gasteiger charge is -2.15. The molecule has 0 aliphatic heterocycles. The molecule has 24 heavy (non-hydrogen) atoms. The van der Waals surface area contributed by atoms with Gasteiger partial charge in [0.2, 0.25) is 11.7 Å². The standard InChI is InChI=1S/C16H12BrClF2N2O2/c1-7(21)16(24)22-11-6-5-8(17)14(18)13(11)15(23)12-9(19)3-2-4-10(12)20/h2-7H,21H2,1H3,(H,22,24)/t7-/m0/s1. The summed E-state index contributed by atoms with van der Waals surface area (Å²) >= 11 is 9.26. The monoisotopic (exact) mass is 416 g/mol. The number of hydrogen-bond donors (Lipinski definition) is 2. The van der Waals surface area contributed by atoms with E-state index in [1.807, 2.05) is 0 Å². The predicted molar refractivity (Wildman–Crippen MR) is 91.2 cm³/mol. The molecule has 4 nitrogen and oxygen atoms in total. The maximum absolute atomic E-state index is 13.9. The van der Waals surface area contributed by atoms with Crippen molar-refractivity contribution in [2.24, 2.45) is 5.73 Å².